The van der Waals surface area contributed by atoms with Gasteiger partial charge < -0.3 is 38.6 Å². The Balaban J connectivity index is 2.58. The lowest BCUT2D eigenvalue weighted by Gasteiger charge is -2.20. The zero-order valence-electron chi connectivity index (χ0n) is 41.1. The van der Waals surface area contributed by atoms with Crippen molar-refractivity contribution in [1.82, 2.24) is 10.2 Å². The molecule has 364 valence electrons. The molecule has 1 aliphatic rings. The molecule has 0 aromatic carbocycles. The van der Waals surface area contributed by atoms with Crippen molar-refractivity contribution in [3.8, 4) is 47.4 Å². The van der Waals surface area contributed by atoms with Gasteiger partial charge in [-0.2, -0.15) is 0 Å². The SMILES string of the molecule is CCCCC#CCCOC(CCCCC(=O)OCC(COC(=O)CCCCC(OCCC#CCCCC)OCCC#CCCCC)NCCCN1CCCC1)OCCC#CCCCC. The molecule has 64 heavy (non-hydrogen) atoms. The van der Waals surface area contributed by atoms with Crippen molar-refractivity contribution in [2.75, 3.05) is 65.8 Å². The maximum absolute atomic E-state index is 12.9. The Hall–Kier alpha value is -3.06. The van der Waals surface area contributed by atoms with E-state index in [9.17, 15) is 9.59 Å². The Morgan fingerprint density at radius 2 is 0.844 bits per heavy atom. The highest BCUT2D eigenvalue weighted by molar-refractivity contribution is 5.69. The van der Waals surface area contributed by atoms with Crippen LogP contribution in [-0.2, 0) is 38.0 Å². The number of nitrogens with one attached hydrogen (secondary N) is 1. The van der Waals surface area contributed by atoms with Gasteiger partial charge in [0, 0.05) is 64.2 Å². The minimum absolute atomic E-state index is 0.144. The molecule has 0 aromatic rings. The van der Waals surface area contributed by atoms with Crippen LogP contribution in [0.3, 0.4) is 0 Å². The summed E-state index contributed by atoms with van der Waals surface area (Å²) in [5.74, 6) is 25.1. The van der Waals surface area contributed by atoms with E-state index in [1.165, 1.54) is 12.8 Å². The van der Waals surface area contributed by atoms with Crippen molar-refractivity contribution in [2.24, 2.45) is 0 Å². The van der Waals surface area contributed by atoms with Crippen LogP contribution in [0.4, 0.5) is 0 Å². The summed E-state index contributed by atoms with van der Waals surface area (Å²) in [6.07, 6.45) is 23.0. The van der Waals surface area contributed by atoms with Crippen molar-refractivity contribution < 1.29 is 38.0 Å². The molecule has 0 amide bonds. The van der Waals surface area contributed by atoms with Gasteiger partial charge in [0.05, 0.1) is 32.5 Å². The maximum atomic E-state index is 12.9. The van der Waals surface area contributed by atoms with Crippen LogP contribution in [0.2, 0.25) is 0 Å². The molecule has 1 saturated heterocycles. The normalized spacial score (nSPS) is 12.3. The van der Waals surface area contributed by atoms with Gasteiger partial charge in [0.2, 0.25) is 0 Å². The van der Waals surface area contributed by atoms with E-state index in [1.54, 1.807) is 0 Å². The fourth-order valence-electron chi connectivity index (χ4n) is 6.64. The molecule has 10 heteroatoms. The molecule has 1 N–H and O–H groups in total. The van der Waals surface area contributed by atoms with Crippen molar-refractivity contribution in [1.29, 1.82) is 0 Å². The zero-order chi connectivity index (χ0) is 46.2. The molecule has 0 saturated carbocycles. The van der Waals surface area contributed by atoms with Crippen LogP contribution in [0, 0.1) is 47.4 Å². The highest BCUT2D eigenvalue weighted by atomic mass is 16.7. The van der Waals surface area contributed by atoms with E-state index in [1.807, 2.05) is 0 Å². The van der Waals surface area contributed by atoms with Crippen LogP contribution in [-0.4, -0.2) is 101 Å². The first kappa shape index (κ1) is 59.0. The zero-order valence-corrected chi connectivity index (χ0v) is 41.1. The summed E-state index contributed by atoms with van der Waals surface area (Å²) in [7, 11) is 0. The van der Waals surface area contributed by atoms with Gasteiger partial charge in [0.25, 0.3) is 0 Å². The fraction of sp³-hybridized carbons (Fsp3) is 0.815. The van der Waals surface area contributed by atoms with Gasteiger partial charge in [0.15, 0.2) is 12.6 Å². The summed E-state index contributed by atoms with van der Waals surface area (Å²) >= 11 is 0. The van der Waals surface area contributed by atoms with Crippen molar-refractivity contribution in [2.45, 2.75) is 220 Å². The number of likely N-dealkylation sites (tertiary alicyclic amines) is 1. The van der Waals surface area contributed by atoms with E-state index in [-0.39, 0.29) is 43.8 Å². The third-order valence-corrected chi connectivity index (χ3v) is 10.6. The van der Waals surface area contributed by atoms with Crippen LogP contribution < -0.4 is 5.32 Å². The molecule has 0 atom stereocenters. The number of hydrogen-bond acceptors (Lipinski definition) is 10. The molecular formula is C54H90N2O8. The average Bonchev–Trinajstić information content (AvgIpc) is 3.83. The van der Waals surface area contributed by atoms with Crippen LogP contribution in [0.15, 0.2) is 0 Å². The molecule has 10 nitrogen and oxygen atoms in total. The van der Waals surface area contributed by atoms with Gasteiger partial charge in [-0.1, -0.05) is 53.4 Å². The van der Waals surface area contributed by atoms with Gasteiger partial charge in [-0.3, -0.25) is 9.59 Å². The number of hydrogen-bond donors (Lipinski definition) is 1. The molecule has 0 aliphatic carbocycles. The number of carbonyl (C=O) groups is 2. The van der Waals surface area contributed by atoms with Crippen molar-refractivity contribution in [3.05, 3.63) is 0 Å². The smallest absolute Gasteiger partial charge is 0.305 e. The number of rotatable bonds is 39. The van der Waals surface area contributed by atoms with E-state index >= 15 is 0 Å². The van der Waals surface area contributed by atoms with Gasteiger partial charge in [-0.05, 0) is 110 Å². The largest absolute Gasteiger partial charge is 0.464 e. The van der Waals surface area contributed by atoms with E-state index in [0.29, 0.717) is 90.6 Å². The lowest BCUT2D eigenvalue weighted by Crippen LogP contribution is -2.40. The van der Waals surface area contributed by atoms with E-state index in [0.717, 1.165) is 122 Å². The third-order valence-electron chi connectivity index (χ3n) is 10.6. The summed E-state index contributed by atoms with van der Waals surface area (Å²) in [4.78, 5) is 28.2. The minimum atomic E-state index is -0.353. The monoisotopic (exact) mass is 895 g/mol. The van der Waals surface area contributed by atoms with Crippen LogP contribution in [0.25, 0.3) is 0 Å². The predicted molar refractivity (Wildman–Crippen MR) is 260 cm³/mol. The summed E-state index contributed by atoms with van der Waals surface area (Å²) in [6.45, 7) is 15.1. The van der Waals surface area contributed by atoms with Crippen molar-refractivity contribution >= 4 is 11.9 Å². The molecule has 0 unspecified atom stereocenters. The Bertz CT molecular complexity index is 1210. The van der Waals surface area contributed by atoms with Crippen LogP contribution >= 0.6 is 0 Å². The highest BCUT2D eigenvalue weighted by Gasteiger charge is 2.17. The fourth-order valence-corrected chi connectivity index (χ4v) is 6.64. The van der Waals surface area contributed by atoms with E-state index in [4.69, 9.17) is 28.4 Å². The summed E-state index contributed by atoms with van der Waals surface area (Å²) in [6, 6.07) is -0.283. The second kappa shape index (κ2) is 46.5. The minimum Gasteiger partial charge on any atom is -0.464 e. The molecule has 1 fully saturated rings. The number of carbonyl (C=O) groups excluding carboxylic acids is 2. The molecule has 0 bridgehead atoms. The summed E-state index contributed by atoms with van der Waals surface area (Å²) in [5.41, 5.74) is 0. The summed E-state index contributed by atoms with van der Waals surface area (Å²) < 4.78 is 35.6. The van der Waals surface area contributed by atoms with E-state index in [2.05, 4.69) is 85.3 Å². The summed E-state index contributed by atoms with van der Waals surface area (Å²) in [5, 5.41) is 3.49. The van der Waals surface area contributed by atoms with Gasteiger partial charge in [-0.15, -0.1) is 47.4 Å². The lowest BCUT2D eigenvalue weighted by molar-refractivity contribution is -0.150. The second-order valence-electron chi connectivity index (χ2n) is 16.6. The predicted octanol–water partition coefficient (Wildman–Crippen LogP) is 10.7. The molecule has 0 spiro atoms. The molecule has 0 aromatic heterocycles. The first-order valence-electron chi connectivity index (χ1n) is 25.6. The molecular weight excluding hydrogens is 805 g/mol. The molecule has 1 rings (SSSR count). The molecule has 0 radical (unpaired) electrons. The third kappa shape index (κ3) is 39.3. The van der Waals surface area contributed by atoms with Gasteiger partial charge in [0.1, 0.15) is 13.2 Å². The first-order chi connectivity index (χ1) is 31.5. The molecule has 1 aliphatic heterocycles. The Morgan fingerprint density at radius 1 is 0.484 bits per heavy atom. The lowest BCUT2D eigenvalue weighted by atomic mass is 10.2. The quantitative estimate of drug-likeness (QED) is 0.0278. The van der Waals surface area contributed by atoms with Gasteiger partial charge >= 0.3 is 11.9 Å². The number of ether oxygens (including phenoxy) is 6. The van der Waals surface area contributed by atoms with Gasteiger partial charge in [-0.25, -0.2) is 0 Å². The topological polar surface area (TPSA) is 105 Å². The maximum Gasteiger partial charge on any atom is 0.305 e. The van der Waals surface area contributed by atoms with E-state index < -0.39 is 0 Å². The van der Waals surface area contributed by atoms with Crippen LogP contribution in [0.5, 0.6) is 0 Å². The molecule has 1 heterocycles. The first-order valence-corrected chi connectivity index (χ1v) is 25.6. The Labute approximate surface area is 391 Å². The van der Waals surface area contributed by atoms with Crippen LogP contribution in [0.1, 0.15) is 201 Å². The highest BCUT2D eigenvalue weighted by Crippen LogP contribution is 2.13. The number of unbranched alkanes of at least 4 members (excludes halogenated alkanes) is 10. The Morgan fingerprint density at radius 3 is 1.20 bits per heavy atom. The Kier molecular flexibility index (Phi) is 42.8. The number of nitrogens with zero attached hydrogens (tertiary/aromatic N) is 1. The average molecular weight is 895 g/mol. The standard InChI is InChI=1S/C54H90N2O8/c1-5-9-13-17-21-31-44-59-53(60-45-32-22-18-14-10-6-2)38-27-25-36-51(57)63-48-50(55-40-35-43-56-41-29-30-42-56)49-64-52(58)37-26-28-39-54(61-46-33-23-19-15-11-7-3)62-47-34-24-20-16-12-8-4/h50,53-55H,5-16,25-49H2,1-4H3. The number of esters is 2. The second-order valence-corrected chi connectivity index (χ2v) is 16.6. The van der Waals surface area contributed by atoms with Crippen molar-refractivity contribution in [3.63, 3.8) is 0 Å².